The summed E-state index contributed by atoms with van der Waals surface area (Å²) in [6, 6.07) is 9.89. The van der Waals surface area contributed by atoms with Gasteiger partial charge in [0.25, 0.3) is 0 Å². The lowest BCUT2D eigenvalue weighted by Gasteiger charge is -2.06. The molecule has 1 aromatic carbocycles. The van der Waals surface area contributed by atoms with Crippen LogP contribution in [0.15, 0.2) is 53.1 Å². The first-order valence-corrected chi connectivity index (χ1v) is 10.8. The van der Waals surface area contributed by atoms with Gasteiger partial charge in [0.2, 0.25) is 5.91 Å². The molecule has 1 amide bonds. The molecule has 0 unspecified atom stereocenters. The summed E-state index contributed by atoms with van der Waals surface area (Å²) in [5, 5.41) is 5.55. The van der Waals surface area contributed by atoms with Crippen molar-refractivity contribution in [3.8, 4) is 5.75 Å². The van der Waals surface area contributed by atoms with Gasteiger partial charge in [-0.1, -0.05) is 30.0 Å². The van der Waals surface area contributed by atoms with Crippen molar-refractivity contribution < 1.29 is 9.53 Å². The SMILES string of the molecule is CN(C)Cc1cc(OCC/C=C\NC(=O)CSc2nc3ccccc3[nH]2)cs1.Cl. The topological polar surface area (TPSA) is 70.2 Å². The number of ether oxygens (including phenoxy) is 1. The van der Waals surface area contributed by atoms with Gasteiger partial charge >= 0.3 is 0 Å². The maximum absolute atomic E-state index is 11.9. The largest absolute Gasteiger partial charge is 0.492 e. The van der Waals surface area contributed by atoms with E-state index in [-0.39, 0.29) is 18.3 Å². The van der Waals surface area contributed by atoms with Gasteiger partial charge in [-0.2, -0.15) is 0 Å². The molecule has 2 aromatic heterocycles. The lowest BCUT2D eigenvalue weighted by Crippen LogP contribution is -2.19. The standard InChI is InChI=1S/C20H24N4O2S2.ClH/c1-24(2)12-16-11-15(13-27-16)26-10-6-5-9-21-19(25)14-28-20-22-17-7-3-4-8-18(17)23-20;/h3-5,7-9,11,13H,6,10,12,14H2,1-2H3,(H,21,25)(H,22,23);1H/b9-5-;. The average Bonchev–Trinajstić information content (AvgIpc) is 3.28. The Kier molecular flexibility index (Phi) is 9.53. The van der Waals surface area contributed by atoms with Gasteiger partial charge in [0.1, 0.15) is 5.75 Å². The van der Waals surface area contributed by atoms with Crippen LogP contribution in [0.25, 0.3) is 11.0 Å². The molecule has 9 heteroatoms. The zero-order valence-corrected chi connectivity index (χ0v) is 18.8. The van der Waals surface area contributed by atoms with E-state index in [0.717, 1.165) is 34.9 Å². The predicted octanol–water partition coefficient (Wildman–Crippen LogP) is 4.30. The van der Waals surface area contributed by atoms with E-state index in [1.807, 2.05) is 35.7 Å². The Morgan fingerprint density at radius 3 is 3.00 bits per heavy atom. The van der Waals surface area contributed by atoms with Crippen molar-refractivity contribution in [3.05, 3.63) is 52.9 Å². The van der Waals surface area contributed by atoms with Crippen molar-refractivity contribution in [3.63, 3.8) is 0 Å². The first kappa shape index (κ1) is 23.3. The Morgan fingerprint density at radius 1 is 1.38 bits per heavy atom. The Morgan fingerprint density at radius 2 is 2.21 bits per heavy atom. The Hall–Kier alpha value is -2.00. The fourth-order valence-electron chi connectivity index (χ4n) is 2.48. The van der Waals surface area contributed by atoms with Crippen molar-refractivity contribution in [2.24, 2.45) is 0 Å². The second-order valence-corrected chi connectivity index (χ2v) is 8.40. The summed E-state index contributed by atoms with van der Waals surface area (Å²) in [6.07, 6.45) is 4.31. The molecule has 2 N–H and O–H groups in total. The second-order valence-electron chi connectivity index (χ2n) is 6.44. The van der Waals surface area contributed by atoms with Crippen LogP contribution in [0, 0.1) is 0 Å². The normalized spacial score (nSPS) is 11.1. The Balaban J connectivity index is 0.00000300. The Labute approximate surface area is 185 Å². The van der Waals surface area contributed by atoms with Gasteiger partial charge in [-0.15, -0.1) is 23.7 Å². The number of hydrogen-bond donors (Lipinski definition) is 2. The molecular weight excluding hydrogens is 428 g/mol. The minimum Gasteiger partial charge on any atom is -0.492 e. The van der Waals surface area contributed by atoms with Crippen molar-refractivity contribution >= 4 is 52.4 Å². The highest BCUT2D eigenvalue weighted by molar-refractivity contribution is 7.99. The van der Waals surface area contributed by atoms with Crippen LogP contribution in [-0.4, -0.2) is 47.2 Å². The second kappa shape index (κ2) is 11.9. The van der Waals surface area contributed by atoms with Crippen molar-refractivity contribution in [2.45, 2.75) is 18.1 Å². The number of imidazole rings is 1. The molecule has 0 fully saturated rings. The zero-order chi connectivity index (χ0) is 19.8. The summed E-state index contributed by atoms with van der Waals surface area (Å²) in [6.45, 7) is 1.50. The summed E-state index contributed by atoms with van der Waals surface area (Å²) >= 11 is 3.09. The summed E-state index contributed by atoms with van der Waals surface area (Å²) in [7, 11) is 4.10. The molecule has 2 heterocycles. The number of carbonyl (C=O) groups is 1. The summed E-state index contributed by atoms with van der Waals surface area (Å²) < 4.78 is 5.72. The molecule has 0 saturated heterocycles. The van der Waals surface area contributed by atoms with E-state index in [9.17, 15) is 4.79 Å². The number of para-hydroxylation sites is 2. The van der Waals surface area contributed by atoms with E-state index in [4.69, 9.17) is 4.74 Å². The van der Waals surface area contributed by atoms with Gasteiger partial charge in [-0.05, 0) is 38.5 Å². The number of benzene rings is 1. The third-order valence-corrected chi connectivity index (χ3v) is 5.50. The van der Waals surface area contributed by atoms with E-state index in [1.54, 1.807) is 17.5 Å². The minimum atomic E-state index is -0.0613. The number of aromatic amines is 1. The minimum absolute atomic E-state index is 0. The molecule has 3 aromatic rings. The Bertz CT molecular complexity index is 906. The molecule has 3 rings (SSSR count). The molecule has 0 bridgehead atoms. The number of amides is 1. The molecule has 0 saturated carbocycles. The highest BCUT2D eigenvalue weighted by Crippen LogP contribution is 2.22. The van der Waals surface area contributed by atoms with Gasteiger partial charge in [0, 0.05) is 23.2 Å². The molecule has 0 spiro atoms. The van der Waals surface area contributed by atoms with E-state index in [0.29, 0.717) is 12.4 Å². The molecule has 29 heavy (non-hydrogen) atoms. The quantitative estimate of drug-likeness (QED) is 0.354. The number of H-pyrrole nitrogens is 1. The summed E-state index contributed by atoms with van der Waals surface area (Å²) in [5.74, 6) is 1.15. The molecule has 0 atom stereocenters. The van der Waals surface area contributed by atoms with E-state index < -0.39 is 0 Å². The third-order valence-electron chi connectivity index (χ3n) is 3.72. The number of fused-ring (bicyclic) bond motifs is 1. The maximum Gasteiger partial charge on any atom is 0.234 e. The highest BCUT2D eigenvalue weighted by Gasteiger charge is 2.05. The highest BCUT2D eigenvalue weighted by atomic mass is 35.5. The van der Waals surface area contributed by atoms with E-state index >= 15 is 0 Å². The number of halogens is 1. The van der Waals surface area contributed by atoms with Crippen LogP contribution >= 0.6 is 35.5 Å². The average molecular weight is 453 g/mol. The van der Waals surface area contributed by atoms with Crippen LogP contribution in [0.4, 0.5) is 0 Å². The number of aromatic nitrogens is 2. The lowest BCUT2D eigenvalue weighted by molar-refractivity contribution is -0.117. The van der Waals surface area contributed by atoms with Crippen LogP contribution < -0.4 is 10.1 Å². The van der Waals surface area contributed by atoms with Crippen LogP contribution in [0.3, 0.4) is 0 Å². The monoisotopic (exact) mass is 452 g/mol. The first-order valence-electron chi connectivity index (χ1n) is 8.97. The fraction of sp³-hybridized carbons (Fsp3) is 0.300. The molecule has 0 aliphatic carbocycles. The van der Waals surface area contributed by atoms with Gasteiger partial charge in [-0.3, -0.25) is 4.79 Å². The van der Waals surface area contributed by atoms with Crippen LogP contribution in [0.2, 0.25) is 0 Å². The van der Waals surface area contributed by atoms with Crippen LogP contribution in [0.1, 0.15) is 11.3 Å². The van der Waals surface area contributed by atoms with E-state index in [1.165, 1.54) is 16.6 Å². The van der Waals surface area contributed by atoms with Crippen molar-refractivity contribution in [2.75, 3.05) is 26.5 Å². The number of nitrogens with one attached hydrogen (secondary N) is 2. The van der Waals surface area contributed by atoms with Gasteiger partial charge in [0.05, 0.1) is 23.4 Å². The molecule has 6 nitrogen and oxygen atoms in total. The van der Waals surface area contributed by atoms with Crippen LogP contribution in [0.5, 0.6) is 5.75 Å². The number of rotatable bonds is 10. The molecule has 0 aliphatic rings. The predicted molar refractivity (Wildman–Crippen MR) is 123 cm³/mol. The fourth-order valence-corrected chi connectivity index (χ4v) is 4.10. The number of carbonyl (C=O) groups excluding carboxylic acids is 1. The number of thiophene rings is 1. The molecule has 0 aliphatic heterocycles. The number of hydrogen-bond acceptors (Lipinski definition) is 6. The molecule has 156 valence electrons. The van der Waals surface area contributed by atoms with Gasteiger partial charge in [-0.25, -0.2) is 4.98 Å². The third kappa shape index (κ3) is 7.74. The zero-order valence-electron chi connectivity index (χ0n) is 16.4. The molecular formula is C20H25ClN4O2S2. The number of nitrogens with zero attached hydrogens (tertiary/aromatic N) is 2. The van der Waals surface area contributed by atoms with Crippen LogP contribution in [-0.2, 0) is 11.3 Å². The number of thioether (sulfide) groups is 1. The lowest BCUT2D eigenvalue weighted by atomic mass is 10.3. The van der Waals surface area contributed by atoms with Gasteiger partial charge in [0.15, 0.2) is 5.16 Å². The maximum atomic E-state index is 11.9. The summed E-state index contributed by atoms with van der Waals surface area (Å²) in [5.41, 5.74) is 1.88. The van der Waals surface area contributed by atoms with Gasteiger partial charge < -0.3 is 19.9 Å². The van der Waals surface area contributed by atoms with Crippen molar-refractivity contribution in [1.82, 2.24) is 20.2 Å². The first-order chi connectivity index (χ1) is 13.6. The smallest absolute Gasteiger partial charge is 0.234 e. The summed E-state index contributed by atoms with van der Waals surface area (Å²) in [4.78, 5) is 23.0. The molecule has 0 radical (unpaired) electrons. The van der Waals surface area contributed by atoms with E-state index in [2.05, 4.69) is 40.3 Å². The van der Waals surface area contributed by atoms with Crippen molar-refractivity contribution in [1.29, 1.82) is 0 Å².